The minimum Gasteiger partial charge on any atom is -0.458 e. The normalized spacial score (nSPS) is 16.5. The quantitative estimate of drug-likeness (QED) is 0.0795. The van der Waals surface area contributed by atoms with Gasteiger partial charge in [0.15, 0.2) is 5.71 Å². The van der Waals surface area contributed by atoms with E-state index in [9.17, 15) is 14.7 Å². The number of aliphatic hydroxyl groups excluding tert-OH is 1. The molecule has 1 aliphatic rings. The van der Waals surface area contributed by atoms with Crippen LogP contribution in [0.15, 0.2) is 60.3 Å². The number of hydrogen-bond donors (Lipinski definition) is 2. The van der Waals surface area contributed by atoms with Gasteiger partial charge in [-0.05, 0) is 71.6 Å². The van der Waals surface area contributed by atoms with Gasteiger partial charge in [-0.15, -0.1) is 0 Å². The molecule has 0 saturated heterocycles. The van der Waals surface area contributed by atoms with E-state index in [1.54, 1.807) is 24.3 Å². The Morgan fingerprint density at radius 1 is 1.03 bits per heavy atom. The Balaban J connectivity index is 1.90. The van der Waals surface area contributed by atoms with Gasteiger partial charge < -0.3 is 20.0 Å². The molecule has 7 nitrogen and oxygen atoms in total. The lowest BCUT2D eigenvalue weighted by molar-refractivity contribution is -0.113. The molecule has 0 aromatic heterocycles. The molecule has 0 fully saturated rings. The van der Waals surface area contributed by atoms with E-state index in [1.807, 2.05) is 12.1 Å². The van der Waals surface area contributed by atoms with E-state index in [4.69, 9.17) is 9.57 Å². The molecule has 2 aromatic rings. The summed E-state index contributed by atoms with van der Waals surface area (Å²) in [5.74, 6) is -0.953. The second-order valence-corrected chi connectivity index (χ2v) is 11.4. The molecule has 1 amide bonds. The van der Waals surface area contributed by atoms with Crippen LogP contribution in [-0.2, 0) is 25.2 Å². The summed E-state index contributed by atoms with van der Waals surface area (Å²) < 4.78 is 5.06. The van der Waals surface area contributed by atoms with Gasteiger partial charge in [0.05, 0.1) is 5.56 Å². The number of oxime groups is 1. The highest BCUT2D eigenvalue weighted by molar-refractivity contribution is 6.48. The summed E-state index contributed by atoms with van der Waals surface area (Å²) >= 11 is 0. The van der Waals surface area contributed by atoms with Crippen molar-refractivity contribution in [2.24, 2.45) is 5.16 Å². The lowest BCUT2D eigenvalue weighted by atomic mass is 9.63. The van der Waals surface area contributed by atoms with Crippen LogP contribution in [0.3, 0.4) is 0 Å². The fourth-order valence-electron chi connectivity index (χ4n) is 4.79. The van der Waals surface area contributed by atoms with E-state index in [0.717, 1.165) is 32.1 Å². The number of rotatable bonds is 12. The van der Waals surface area contributed by atoms with Gasteiger partial charge in [0, 0.05) is 17.7 Å². The van der Waals surface area contributed by atoms with Gasteiger partial charge in [0.2, 0.25) is 6.29 Å². The number of nitrogens with one attached hydrogen (secondary N) is 1. The van der Waals surface area contributed by atoms with E-state index in [-0.39, 0.29) is 23.1 Å². The number of esters is 1. The first-order valence-electron chi connectivity index (χ1n) is 13.7. The van der Waals surface area contributed by atoms with E-state index in [1.165, 1.54) is 17.2 Å². The van der Waals surface area contributed by atoms with E-state index in [2.05, 4.69) is 57.7 Å². The van der Waals surface area contributed by atoms with Crippen molar-refractivity contribution < 1.29 is 24.3 Å². The summed E-state index contributed by atoms with van der Waals surface area (Å²) in [5.41, 5.74) is 3.95. The Kier molecular flexibility index (Phi) is 10.1. The summed E-state index contributed by atoms with van der Waals surface area (Å²) in [6.07, 6.45) is 5.74. The van der Waals surface area contributed by atoms with Crippen LogP contribution in [0, 0.1) is 0 Å². The Morgan fingerprint density at radius 3 is 2.31 bits per heavy atom. The fourth-order valence-corrected chi connectivity index (χ4v) is 4.79. The third-order valence-electron chi connectivity index (χ3n) is 7.37. The highest BCUT2D eigenvalue weighted by Gasteiger charge is 2.37. The van der Waals surface area contributed by atoms with Crippen LogP contribution in [0.4, 0.5) is 5.69 Å². The van der Waals surface area contributed by atoms with Crippen molar-refractivity contribution in [1.29, 1.82) is 0 Å². The average Bonchev–Trinajstić information content (AvgIpc) is 2.90. The van der Waals surface area contributed by atoms with Gasteiger partial charge in [0.25, 0.3) is 5.91 Å². The molecule has 39 heavy (non-hydrogen) atoms. The zero-order valence-electron chi connectivity index (χ0n) is 23.9. The van der Waals surface area contributed by atoms with E-state index < -0.39 is 18.2 Å². The molecular weight excluding hydrogens is 492 g/mol. The molecule has 210 valence electrons. The molecule has 2 aromatic carbocycles. The summed E-state index contributed by atoms with van der Waals surface area (Å²) in [4.78, 5) is 31.0. The van der Waals surface area contributed by atoms with Crippen molar-refractivity contribution in [2.75, 3.05) is 11.9 Å². The zero-order valence-corrected chi connectivity index (χ0v) is 23.9. The monoisotopic (exact) mass is 534 g/mol. The maximum absolute atomic E-state index is 13.5. The van der Waals surface area contributed by atoms with Crippen molar-refractivity contribution in [2.45, 2.75) is 90.3 Å². The Hall–Kier alpha value is -3.45. The van der Waals surface area contributed by atoms with Crippen molar-refractivity contribution >= 4 is 23.3 Å². The predicted molar refractivity (Wildman–Crippen MR) is 155 cm³/mol. The second kappa shape index (κ2) is 13.1. The largest absolute Gasteiger partial charge is 0.458 e. The molecule has 0 radical (unpaired) electrons. The van der Waals surface area contributed by atoms with Crippen LogP contribution in [0.25, 0.3) is 0 Å². The minimum atomic E-state index is -1.10. The third-order valence-corrected chi connectivity index (χ3v) is 7.37. The van der Waals surface area contributed by atoms with Crippen LogP contribution in [0.2, 0.25) is 0 Å². The molecule has 1 unspecified atom stereocenters. The Labute approximate surface area is 232 Å². The SMILES string of the molecule is C=CCOC(=O)c1ccc(NC(=O)C(=NOC(O)CCCCC)c2ccc3c(c2)C(C)(C)CCC3(C)C)cc1. The van der Waals surface area contributed by atoms with Crippen LogP contribution < -0.4 is 5.32 Å². The first-order chi connectivity index (χ1) is 18.5. The van der Waals surface area contributed by atoms with Crippen LogP contribution in [-0.4, -0.2) is 35.6 Å². The molecule has 0 saturated carbocycles. The number of unbranched alkanes of at least 4 members (excludes halogenated alkanes) is 2. The van der Waals surface area contributed by atoms with E-state index >= 15 is 0 Å². The number of hydrogen-bond acceptors (Lipinski definition) is 6. The molecule has 0 bridgehead atoms. The maximum Gasteiger partial charge on any atom is 0.338 e. The van der Waals surface area contributed by atoms with Gasteiger partial charge in [-0.25, -0.2) is 4.79 Å². The predicted octanol–water partition coefficient (Wildman–Crippen LogP) is 6.64. The number of anilines is 1. The lowest BCUT2D eigenvalue weighted by Gasteiger charge is -2.42. The van der Waals surface area contributed by atoms with Gasteiger partial charge in [-0.3, -0.25) is 4.79 Å². The molecule has 0 aliphatic heterocycles. The average molecular weight is 535 g/mol. The number of ether oxygens (including phenoxy) is 1. The second-order valence-electron chi connectivity index (χ2n) is 11.4. The third kappa shape index (κ3) is 7.79. The fraction of sp³-hybridized carbons (Fsp3) is 0.469. The van der Waals surface area contributed by atoms with Crippen molar-refractivity contribution in [3.8, 4) is 0 Å². The van der Waals surface area contributed by atoms with Crippen molar-refractivity contribution in [3.05, 3.63) is 77.4 Å². The summed E-state index contributed by atoms with van der Waals surface area (Å²) in [7, 11) is 0. The first-order valence-corrected chi connectivity index (χ1v) is 13.7. The molecule has 7 heteroatoms. The van der Waals surface area contributed by atoms with E-state index in [0.29, 0.717) is 23.2 Å². The first kappa shape index (κ1) is 30.1. The Morgan fingerprint density at radius 2 is 1.67 bits per heavy atom. The summed E-state index contributed by atoms with van der Waals surface area (Å²) in [5, 5.41) is 17.3. The van der Waals surface area contributed by atoms with Crippen LogP contribution in [0.1, 0.15) is 100 Å². The molecule has 1 aliphatic carbocycles. The lowest BCUT2D eigenvalue weighted by Crippen LogP contribution is -2.34. The van der Waals surface area contributed by atoms with Gasteiger partial charge in [-0.2, -0.15) is 0 Å². The highest BCUT2D eigenvalue weighted by atomic mass is 16.7. The number of carbonyl (C=O) groups excluding carboxylic acids is 2. The Bertz CT molecular complexity index is 1200. The molecule has 0 spiro atoms. The standard InChI is InChI=1S/C32H42N2O5/c1-7-9-10-11-27(35)39-34-28(23-14-17-25-26(21-23)32(5,6)19-18-31(25,3)4)29(36)33-24-15-12-22(13-16-24)30(37)38-20-8-2/h8,12-17,21,27,35H,2,7,9-11,18-20H2,1,3-6H3,(H,33,36). The van der Waals surface area contributed by atoms with Crippen molar-refractivity contribution in [1.82, 2.24) is 0 Å². The molecular formula is C32H42N2O5. The smallest absolute Gasteiger partial charge is 0.338 e. The molecule has 1 atom stereocenters. The van der Waals surface area contributed by atoms with Gasteiger partial charge in [-0.1, -0.05) is 77.4 Å². The molecule has 3 rings (SSSR count). The highest BCUT2D eigenvalue weighted by Crippen LogP contribution is 2.46. The summed E-state index contributed by atoms with van der Waals surface area (Å²) in [6, 6.07) is 12.4. The van der Waals surface area contributed by atoms with Gasteiger partial charge in [0.1, 0.15) is 6.61 Å². The maximum atomic E-state index is 13.5. The number of fused-ring (bicyclic) bond motifs is 1. The van der Waals surface area contributed by atoms with Gasteiger partial charge >= 0.3 is 5.97 Å². The zero-order chi connectivity index (χ0) is 28.6. The molecule has 0 heterocycles. The van der Waals surface area contributed by atoms with Crippen molar-refractivity contribution in [3.63, 3.8) is 0 Å². The topological polar surface area (TPSA) is 97.2 Å². The van der Waals surface area contributed by atoms with Crippen LogP contribution in [0.5, 0.6) is 0 Å². The molecule has 2 N–H and O–H groups in total. The minimum absolute atomic E-state index is 0.0312. The van der Waals surface area contributed by atoms with Crippen LogP contribution >= 0.6 is 0 Å². The number of amides is 1. The number of aliphatic hydroxyl groups is 1. The number of benzene rings is 2. The number of carbonyl (C=O) groups is 2. The number of nitrogens with zero attached hydrogens (tertiary/aromatic N) is 1. The summed E-state index contributed by atoms with van der Waals surface area (Å²) in [6.45, 7) is 14.7.